The molecule has 5 aliphatic rings. The molecule has 8 heteroatoms. The molecule has 0 unspecified atom stereocenters. The van der Waals surface area contributed by atoms with Crippen molar-refractivity contribution in [2.24, 2.45) is 46.3 Å². The largest absolute Gasteiger partial charge is 0.393 e. The molecule has 0 saturated heterocycles. The Bertz CT molecular complexity index is 1440. The van der Waals surface area contributed by atoms with Gasteiger partial charge in [0.2, 0.25) is 11.9 Å². The molecule has 4 aliphatic carbocycles. The molecule has 256 valence electrons. The van der Waals surface area contributed by atoms with Crippen molar-refractivity contribution in [2.45, 2.75) is 117 Å². The molecule has 0 spiro atoms. The fourth-order valence-corrected chi connectivity index (χ4v) is 11.5. The lowest BCUT2D eigenvalue weighted by Gasteiger charge is -2.62. The van der Waals surface area contributed by atoms with Crippen LogP contribution < -0.4 is 5.32 Å². The second-order valence-corrected chi connectivity index (χ2v) is 16.5. The van der Waals surface area contributed by atoms with Crippen molar-refractivity contribution >= 4 is 11.9 Å². The molecule has 7 rings (SSSR count). The molecule has 3 N–H and O–H groups in total. The van der Waals surface area contributed by atoms with E-state index in [0.717, 1.165) is 61.8 Å². The Hall–Kier alpha value is -2.58. The molecule has 1 amide bonds. The maximum atomic E-state index is 13.5. The van der Waals surface area contributed by atoms with Gasteiger partial charge in [-0.2, -0.15) is 0 Å². The maximum absolute atomic E-state index is 13.5. The third-order valence-corrected chi connectivity index (χ3v) is 14.1. The molecule has 4 fully saturated rings. The van der Waals surface area contributed by atoms with Gasteiger partial charge in [0.15, 0.2) is 0 Å². The molecule has 2 heterocycles. The Morgan fingerprint density at radius 3 is 2.64 bits per heavy atom. The summed E-state index contributed by atoms with van der Waals surface area (Å²) in [5, 5.41) is 25.3. The number of aromatic nitrogens is 2. The normalized spacial score (nSPS) is 36.9. The van der Waals surface area contributed by atoms with Gasteiger partial charge in [0, 0.05) is 44.2 Å². The van der Waals surface area contributed by atoms with Crippen molar-refractivity contribution in [3.8, 4) is 0 Å². The average molecular weight is 647 g/mol. The van der Waals surface area contributed by atoms with Gasteiger partial charge in [-0.1, -0.05) is 32.9 Å². The molecule has 7 nitrogen and oxygen atoms in total. The predicted molar refractivity (Wildman–Crippen MR) is 181 cm³/mol. The third kappa shape index (κ3) is 6.22. The van der Waals surface area contributed by atoms with Crippen LogP contribution in [0.15, 0.2) is 30.5 Å². The quantitative estimate of drug-likeness (QED) is 0.301. The summed E-state index contributed by atoms with van der Waals surface area (Å²) in [4.78, 5) is 24.7. The first-order valence-electron chi connectivity index (χ1n) is 18.5. The van der Waals surface area contributed by atoms with Gasteiger partial charge in [-0.25, -0.2) is 14.4 Å². The van der Waals surface area contributed by atoms with Gasteiger partial charge in [0.05, 0.1) is 17.9 Å². The van der Waals surface area contributed by atoms with Crippen LogP contribution >= 0.6 is 0 Å². The van der Waals surface area contributed by atoms with E-state index in [2.05, 4.69) is 31.1 Å². The van der Waals surface area contributed by atoms with Gasteiger partial charge in [-0.3, -0.25) is 4.79 Å². The number of halogens is 1. The summed E-state index contributed by atoms with van der Waals surface area (Å²) in [6, 6.07) is 6.56. The topological polar surface area (TPSA) is 98.6 Å². The monoisotopic (exact) mass is 646 g/mol. The fourth-order valence-electron chi connectivity index (χ4n) is 11.5. The number of fused-ring (bicyclic) bond motifs is 6. The minimum atomic E-state index is -0.247. The number of carbonyl (C=O) groups excluding carboxylic acids is 1. The van der Waals surface area contributed by atoms with Crippen molar-refractivity contribution in [2.75, 3.05) is 18.4 Å². The van der Waals surface area contributed by atoms with E-state index in [1.165, 1.54) is 37.8 Å². The first kappa shape index (κ1) is 32.9. The molecule has 0 bridgehead atoms. The fraction of sp³-hybridized carbons (Fsp3) is 0.718. The molecule has 1 aromatic heterocycles. The second-order valence-electron chi connectivity index (χ2n) is 16.5. The summed E-state index contributed by atoms with van der Waals surface area (Å²) in [5.41, 5.74) is 3.58. The number of nitrogens with zero attached hydrogens (tertiary/aromatic N) is 3. The highest BCUT2D eigenvalue weighted by molar-refractivity contribution is 5.76. The third-order valence-electron chi connectivity index (χ3n) is 14.1. The zero-order valence-electron chi connectivity index (χ0n) is 28.6. The number of hydrogen-bond acceptors (Lipinski definition) is 6. The van der Waals surface area contributed by atoms with Crippen LogP contribution in [0.25, 0.3) is 0 Å². The highest BCUT2D eigenvalue weighted by Gasteiger charge is 2.62. The van der Waals surface area contributed by atoms with Crippen LogP contribution in [-0.4, -0.2) is 56.3 Å². The number of hydrogen-bond donors (Lipinski definition) is 3. The van der Waals surface area contributed by atoms with E-state index in [1.54, 1.807) is 12.1 Å². The van der Waals surface area contributed by atoms with Gasteiger partial charge in [-0.05, 0) is 128 Å². The van der Waals surface area contributed by atoms with E-state index in [0.29, 0.717) is 67.5 Å². The Morgan fingerprint density at radius 1 is 1.06 bits per heavy atom. The Balaban J connectivity index is 0.915. The molecular formula is C39H55FN4O3. The van der Waals surface area contributed by atoms with Crippen molar-refractivity contribution in [3.05, 3.63) is 53.1 Å². The Labute approximate surface area is 280 Å². The highest BCUT2D eigenvalue weighted by atomic mass is 19.1. The summed E-state index contributed by atoms with van der Waals surface area (Å²) >= 11 is 0. The number of carbonyl (C=O) groups is 1. The van der Waals surface area contributed by atoms with Gasteiger partial charge in [0.25, 0.3) is 0 Å². The van der Waals surface area contributed by atoms with Gasteiger partial charge < -0.3 is 20.4 Å². The van der Waals surface area contributed by atoms with E-state index < -0.39 is 0 Å². The van der Waals surface area contributed by atoms with E-state index in [1.807, 2.05) is 11.1 Å². The molecule has 2 aromatic rings. The molecule has 47 heavy (non-hydrogen) atoms. The maximum Gasteiger partial charge on any atom is 0.222 e. The number of rotatable bonds is 8. The molecular weight excluding hydrogens is 591 g/mol. The summed E-state index contributed by atoms with van der Waals surface area (Å²) in [6.45, 7) is 9.30. The molecule has 4 saturated carbocycles. The van der Waals surface area contributed by atoms with Crippen molar-refractivity contribution in [3.63, 3.8) is 0 Å². The summed E-state index contributed by atoms with van der Waals surface area (Å²) in [5.74, 6) is 3.63. The van der Waals surface area contributed by atoms with Crippen molar-refractivity contribution in [1.29, 1.82) is 0 Å². The highest BCUT2D eigenvalue weighted by Crippen LogP contribution is 2.68. The van der Waals surface area contributed by atoms with E-state index >= 15 is 0 Å². The van der Waals surface area contributed by atoms with Crippen LogP contribution in [0.5, 0.6) is 0 Å². The Morgan fingerprint density at radius 2 is 1.83 bits per heavy atom. The van der Waals surface area contributed by atoms with Gasteiger partial charge >= 0.3 is 0 Å². The minimum Gasteiger partial charge on any atom is -0.393 e. The number of benzene rings is 1. The lowest BCUT2D eigenvalue weighted by atomic mass is 9.43. The standard InChI is InChI=1S/C39H55FN4O3/c1-24(30-9-10-31-36-32(13-17-39(30,31)3)38(2)16-12-29(45)20-27(38)21-34(36)46)4-11-35(47)44-19-15-33-26(23-44)22-42-37(43-33)41-18-14-25-5-7-28(40)8-6-25/h5-8,22,24,27,29-32,34,36,45-46H,4,9-21,23H2,1-3H3,(H,41,42,43)/t24-,27+,29-,30-,31+,32+,34+,36+,38+,39-/m1/s1. The summed E-state index contributed by atoms with van der Waals surface area (Å²) in [7, 11) is 0. The predicted octanol–water partition coefficient (Wildman–Crippen LogP) is 6.56. The average Bonchev–Trinajstić information content (AvgIpc) is 3.42. The van der Waals surface area contributed by atoms with Crippen molar-refractivity contribution < 1.29 is 19.4 Å². The molecule has 1 aromatic carbocycles. The van der Waals surface area contributed by atoms with Crippen LogP contribution in [0.3, 0.4) is 0 Å². The van der Waals surface area contributed by atoms with Crippen LogP contribution in [0.4, 0.5) is 10.3 Å². The molecule has 0 radical (unpaired) electrons. The smallest absolute Gasteiger partial charge is 0.222 e. The Kier molecular flexibility index (Phi) is 9.14. The van der Waals surface area contributed by atoms with Gasteiger partial charge in [-0.15, -0.1) is 0 Å². The number of aliphatic hydroxyl groups excluding tert-OH is 2. The second kappa shape index (κ2) is 13.0. The van der Waals surface area contributed by atoms with E-state index in [9.17, 15) is 19.4 Å². The van der Waals surface area contributed by atoms with Crippen LogP contribution in [0.2, 0.25) is 0 Å². The number of aliphatic hydroxyl groups is 2. The number of nitrogens with one attached hydrogen (secondary N) is 1. The molecule has 10 atom stereocenters. The molecule has 1 aliphatic heterocycles. The van der Waals surface area contributed by atoms with Crippen molar-refractivity contribution in [1.82, 2.24) is 14.9 Å². The zero-order chi connectivity index (χ0) is 32.9. The van der Waals surface area contributed by atoms with E-state index in [-0.39, 0.29) is 34.8 Å². The SMILES string of the molecule is C[C@H](CCC(=O)N1CCc2nc(NCCc3ccc(F)cc3)ncc2C1)[C@H]1CC[C@H]2[C@@H]3[C@@H](O)C[C@@H]4C[C@H](O)CC[C@]4(C)[C@H]3CC[C@]12C. The number of amides is 1. The van der Waals surface area contributed by atoms with Crippen LogP contribution in [0.1, 0.15) is 102 Å². The first-order chi connectivity index (χ1) is 22.5. The lowest BCUT2D eigenvalue weighted by Crippen LogP contribution is -2.58. The summed E-state index contributed by atoms with van der Waals surface area (Å²) in [6.07, 6.45) is 13.0. The lowest BCUT2D eigenvalue weighted by molar-refractivity contribution is -0.174. The van der Waals surface area contributed by atoms with Crippen LogP contribution in [-0.2, 0) is 24.2 Å². The minimum absolute atomic E-state index is 0.195. The van der Waals surface area contributed by atoms with Crippen LogP contribution in [0, 0.1) is 52.2 Å². The summed E-state index contributed by atoms with van der Waals surface area (Å²) < 4.78 is 13.2. The van der Waals surface area contributed by atoms with E-state index in [4.69, 9.17) is 4.98 Å². The number of anilines is 1. The zero-order valence-corrected chi connectivity index (χ0v) is 28.6. The van der Waals surface area contributed by atoms with Gasteiger partial charge in [0.1, 0.15) is 5.82 Å². The first-order valence-corrected chi connectivity index (χ1v) is 18.5.